The number of aromatic nitrogens is 2. The lowest BCUT2D eigenvalue weighted by Gasteiger charge is -2.32. The van der Waals surface area contributed by atoms with Crippen molar-refractivity contribution in [3.8, 4) is 0 Å². The third-order valence-electron chi connectivity index (χ3n) is 4.53. The molecule has 0 bridgehead atoms. The third-order valence-corrected chi connectivity index (χ3v) is 4.53. The number of aryl methyl sites for hydroxylation is 1. The monoisotopic (exact) mass is 264 g/mol. The van der Waals surface area contributed by atoms with E-state index in [1.165, 1.54) is 25.0 Å². The number of rotatable bonds is 4. The van der Waals surface area contributed by atoms with Crippen LogP contribution in [0.25, 0.3) is 0 Å². The summed E-state index contributed by atoms with van der Waals surface area (Å²) in [7, 11) is 0. The third kappa shape index (κ3) is 2.86. The Morgan fingerprint density at radius 1 is 1.11 bits per heavy atom. The Morgan fingerprint density at radius 3 is 2.21 bits per heavy atom. The molecule has 2 rings (SSSR count). The highest BCUT2D eigenvalue weighted by atomic mass is 16.3. The number of nitrogens with zero attached hydrogens (tertiary/aromatic N) is 2. The van der Waals surface area contributed by atoms with E-state index in [-0.39, 0.29) is 6.61 Å². The van der Waals surface area contributed by atoms with Crippen molar-refractivity contribution < 1.29 is 5.11 Å². The smallest absolute Gasteiger partial charge is 0.0718 e. The first-order valence-electron chi connectivity index (χ1n) is 7.80. The fourth-order valence-corrected chi connectivity index (χ4v) is 3.80. The summed E-state index contributed by atoms with van der Waals surface area (Å²) in [4.78, 5) is 0. The summed E-state index contributed by atoms with van der Waals surface area (Å²) in [5.74, 6) is 1.57. The van der Waals surface area contributed by atoms with Crippen molar-refractivity contribution in [3.05, 3.63) is 17.0 Å². The predicted octanol–water partition coefficient (Wildman–Crippen LogP) is 3.50. The zero-order chi connectivity index (χ0) is 14.0. The summed E-state index contributed by atoms with van der Waals surface area (Å²) in [6.07, 6.45) is 5.67. The Bertz CT molecular complexity index is 415. The minimum absolute atomic E-state index is 0.129. The average Bonchev–Trinajstić information content (AvgIpc) is 2.74. The van der Waals surface area contributed by atoms with E-state index < -0.39 is 0 Å². The highest BCUT2D eigenvalue weighted by Gasteiger charge is 2.28. The Morgan fingerprint density at radius 2 is 1.74 bits per heavy atom. The van der Waals surface area contributed by atoms with Gasteiger partial charge in [-0.25, -0.2) is 0 Å². The summed E-state index contributed by atoms with van der Waals surface area (Å²) in [6, 6.07) is 0.527. The molecule has 0 aromatic carbocycles. The Kier molecular flexibility index (Phi) is 4.67. The molecule has 3 nitrogen and oxygen atoms in total. The summed E-state index contributed by atoms with van der Waals surface area (Å²) in [5, 5.41) is 14.4. The van der Waals surface area contributed by atoms with Crippen LogP contribution in [0.5, 0.6) is 0 Å². The van der Waals surface area contributed by atoms with Gasteiger partial charge in [-0.3, -0.25) is 4.68 Å². The van der Waals surface area contributed by atoms with Crippen molar-refractivity contribution in [2.24, 2.45) is 11.8 Å². The molecule has 0 spiro atoms. The Balaban J connectivity index is 2.35. The van der Waals surface area contributed by atoms with Crippen LogP contribution in [-0.4, -0.2) is 14.9 Å². The van der Waals surface area contributed by atoms with Crippen LogP contribution < -0.4 is 0 Å². The van der Waals surface area contributed by atoms with E-state index in [1.807, 2.05) is 0 Å². The lowest BCUT2D eigenvalue weighted by Crippen LogP contribution is -2.24. The van der Waals surface area contributed by atoms with Crippen LogP contribution in [-0.2, 0) is 19.4 Å². The molecule has 1 saturated carbocycles. The molecule has 3 heteroatoms. The maximum absolute atomic E-state index is 9.62. The first kappa shape index (κ1) is 14.6. The van der Waals surface area contributed by atoms with Gasteiger partial charge in [0.25, 0.3) is 0 Å². The molecule has 2 atom stereocenters. The van der Waals surface area contributed by atoms with Gasteiger partial charge in [-0.1, -0.05) is 27.7 Å². The van der Waals surface area contributed by atoms with Crippen molar-refractivity contribution in [3.63, 3.8) is 0 Å². The molecule has 1 fully saturated rings. The summed E-state index contributed by atoms with van der Waals surface area (Å²) >= 11 is 0. The fraction of sp³-hybridized carbons (Fsp3) is 0.812. The second-order valence-corrected chi connectivity index (χ2v) is 6.25. The first-order chi connectivity index (χ1) is 9.10. The van der Waals surface area contributed by atoms with Crippen LogP contribution in [0, 0.1) is 11.8 Å². The van der Waals surface area contributed by atoms with E-state index in [4.69, 9.17) is 5.10 Å². The normalized spacial score (nSPS) is 27.7. The number of aliphatic hydroxyl groups excluding tert-OH is 1. The van der Waals surface area contributed by atoms with Gasteiger partial charge in [0.15, 0.2) is 0 Å². The van der Waals surface area contributed by atoms with Gasteiger partial charge < -0.3 is 5.11 Å². The van der Waals surface area contributed by atoms with Crippen LogP contribution in [0.4, 0.5) is 0 Å². The largest absolute Gasteiger partial charge is 0.392 e. The topological polar surface area (TPSA) is 38.0 Å². The molecule has 1 N–H and O–H groups in total. The Hall–Kier alpha value is -0.830. The fourth-order valence-electron chi connectivity index (χ4n) is 3.80. The van der Waals surface area contributed by atoms with Gasteiger partial charge in [-0.15, -0.1) is 0 Å². The maximum Gasteiger partial charge on any atom is 0.0718 e. The van der Waals surface area contributed by atoms with Crippen LogP contribution in [0.15, 0.2) is 0 Å². The minimum Gasteiger partial charge on any atom is -0.392 e. The van der Waals surface area contributed by atoms with Gasteiger partial charge in [0.1, 0.15) is 0 Å². The molecule has 0 saturated heterocycles. The van der Waals surface area contributed by atoms with Crippen molar-refractivity contribution in [2.75, 3.05) is 0 Å². The molecule has 1 aliphatic rings. The van der Waals surface area contributed by atoms with Crippen LogP contribution in [0.1, 0.15) is 70.0 Å². The van der Waals surface area contributed by atoms with Gasteiger partial charge in [0.2, 0.25) is 0 Å². The average molecular weight is 264 g/mol. The highest BCUT2D eigenvalue weighted by Crippen LogP contribution is 2.37. The molecule has 2 unspecified atom stereocenters. The van der Waals surface area contributed by atoms with Gasteiger partial charge in [-0.05, 0) is 43.9 Å². The van der Waals surface area contributed by atoms with E-state index in [2.05, 4.69) is 32.4 Å². The molecular weight excluding hydrogens is 236 g/mol. The van der Waals surface area contributed by atoms with Gasteiger partial charge in [0.05, 0.1) is 18.3 Å². The van der Waals surface area contributed by atoms with E-state index in [9.17, 15) is 5.11 Å². The SMILES string of the molecule is CCc1nn(C2CC(C)CC(C)C2)c(CC)c1CO. The van der Waals surface area contributed by atoms with Crippen molar-refractivity contribution >= 4 is 0 Å². The lowest BCUT2D eigenvalue weighted by molar-refractivity contribution is 0.206. The van der Waals surface area contributed by atoms with Crippen molar-refractivity contribution in [2.45, 2.75) is 72.4 Å². The van der Waals surface area contributed by atoms with Gasteiger partial charge >= 0.3 is 0 Å². The molecule has 0 radical (unpaired) electrons. The van der Waals surface area contributed by atoms with Gasteiger partial charge in [-0.2, -0.15) is 5.10 Å². The summed E-state index contributed by atoms with van der Waals surface area (Å²) < 4.78 is 2.25. The highest BCUT2D eigenvalue weighted by molar-refractivity contribution is 5.26. The van der Waals surface area contributed by atoms with Crippen molar-refractivity contribution in [1.82, 2.24) is 9.78 Å². The van der Waals surface area contributed by atoms with Gasteiger partial charge in [0, 0.05) is 11.3 Å². The van der Waals surface area contributed by atoms with E-state index in [0.29, 0.717) is 6.04 Å². The zero-order valence-corrected chi connectivity index (χ0v) is 12.8. The molecule has 1 aromatic rings. The second kappa shape index (κ2) is 6.08. The molecular formula is C16H28N2O. The Labute approximate surface area is 117 Å². The number of hydrogen-bond donors (Lipinski definition) is 1. The minimum atomic E-state index is 0.129. The molecule has 1 aliphatic carbocycles. The number of hydrogen-bond acceptors (Lipinski definition) is 2. The molecule has 0 amide bonds. The van der Waals surface area contributed by atoms with Crippen LogP contribution in [0.2, 0.25) is 0 Å². The molecule has 108 valence electrons. The zero-order valence-electron chi connectivity index (χ0n) is 12.8. The van der Waals surface area contributed by atoms with E-state index in [1.54, 1.807) is 0 Å². The number of aliphatic hydroxyl groups is 1. The van der Waals surface area contributed by atoms with Crippen LogP contribution >= 0.6 is 0 Å². The first-order valence-corrected chi connectivity index (χ1v) is 7.80. The van der Waals surface area contributed by atoms with E-state index >= 15 is 0 Å². The second-order valence-electron chi connectivity index (χ2n) is 6.25. The molecule has 19 heavy (non-hydrogen) atoms. The predicted molar refractivity (Wildman–Crippen MR) is 78.1 cm³/mol. The standard InChI is InChI=1S/C16H28N2O/c1-5-15-14(10-19)16(6-2)18(17-15)13-8-11(3)7-12(4)9-13/h11-13,19H,5-10H2,1-4H3. The molecule has 1 heterocycles. The van der Waals surface area contributed by atoms with E-state index in [0.717, 1.165) is 35.9 Å². The summed E-state index contributed by atoms with van der Waals surface area (Å²) in [5.41, 5.74) is 3.42. The van der Waals surface area contributed by atoms with Crippen molar-refractivity contribution in [1.29, 1.82) is 0 Å². The lowest BCUT2D eigenvalue weighted by atomic mass is 9.80. The summed E-state index contributed by atoms with van der Waals surface area (Å²) in [6.45, 7) is 9.13. The maximum atomic E-state index is 9.62. The quantitative estimate of drug-likeness (QED) is 0.904. The molecule has 0 aliphatic heterocycles. The van der Waals surface area contributed by atoms with Crippen LogP contribution in [0.3, 0.4) is 0 Å². The molecule has 1 aromatic heterocycles.